The maximum absolute atomic E-state index is 12.4. The first kappa shape index (κ1) is 17.3. The number of carboxylic acid groups (broad SMARTS) is 1. The third-order valence-electron chi connectivity index (χ3n) is 3.15. The maximum atomic E-state index is 12.4. The second-order valence-corrected chi connectivity index (χ2v) is 4.76. The van der Waals surface area contributed by atoms with E-state index in [2.05, 4.69) is 4.74 Å². The minimum atomic E-state index is -4.92. The van der Waals surface area contributed by atoms with Crippen molar-refractivity contribution >= 4 is 17.6 Å². The molecule has 0 unspecified atom stereocenters. The number of halogens is 3. The van der Waals surface area contributed by atoms with Crippen molar-refractivity contribution in [2.75, 3.05) is 11.9 Å². The van der Waals surface area contributed by atoms with Crippen LogP contribution in [0.4, 0.5) is 18.9 Å². The highest BCUT2D eigenvalue weighted by Crippen LogP contribution is 2.28. The van der Waals surface area contributed by atoms with Crippen LogP contribution in [0.1, 0.15) is 20.7 Å². The first-order chi connectivity index (χ1) is 11.2. The highest BCUT2D eigenvalue weighted by Gasteiger charge is 2.33. The van der Waals surface area contributed by atoms with E-state index >= 15 is 0 Å². The van der Waals surface area contributed by atoms with Gasteiger partial charge in [-0.3, -0.25) is 4.79 Å². The zero-order chi connectivity index (χ0) is 17.9. The molecule has 0 atom stereocenters. The Morgan fingerprint density at radius 2 is 1.62 bits per heavy atom. The molecule has 0 heterocycles. The quantitative estimate of drug-likeness (QED) is 0.925. The van der Waals surface area contributed by atoms with Crippen molar-refractivity contribution in [2.45, 2.75) is 6.36 Å². The molecule has 0 saturated carbocycles. The summed E-state index contributed by atoms with van der Waals surface area (Å²) in [6, 6.07) is 10.3. The van der Waals surface area contributed by atoms with Crippen LogP contribution in [0.25, 0.3) is 0 Å². The maximum Gasteiger partial charge on any atom is 0.573 e. The van der Waals surface area contributed by atoms with Gasteiger partial charge in [-0.2, -0.15) is 0 Å². The Hall–Kier alpha value is -3.03. The van der Waals surface area contributed by atoms with Gasteiger partial charge < -0.3 is 14.7 Å². The number of carboxylic acids is 1. The summed E-state index contributed by atoms with van der Waals surface area (Å²) in [4.78, 5) is 24.3. The Morgan fingerprint density at radius 3 is 2.17 bits per heavy atom. The molecule has 2 aromatic carbocycles. The van der Waals surface area contributed by atoms with E-state index in [0.717, 1.165) is 11.0 Å². The molecule has 1 amide bonds. The fourth-order valence-corrected chi connectivity index (χ4v) is 1.98. The number of benzene rings is 2. The largest absolute Gasteiger partial charge is 0.573 e. The number of carbonyl (C=O) groups is 2. The van der Waals surface area contributed by atoms with E-state index in [1.165, 1.54) is 49.5 Å². The molecule has 2 aromatic rings. The summed E-state index contributed by atoms with van der Waals surface area (Å²) in [5.74, 6) is -2.46. The van der Waals surface area contributed by atoms with Crippen LogP contribution in [0, 0.1) is 0 Å². The molecule has 0 aliphatic heterocycles. The fraction of sp³-hybridized carbons (Fsp3) is 0.125. The minimum absolute atomic E-state index is 0.0282. The predicted molar refractivity (Wildman–Crippen MR) is 79.3 cm³/mol. The highest BCUT2D eigenvalue weighted by molar-refractivity contribution is 6.07. The highest BCUT2D eigenvalue weighted by atomic mass is 19.4. The lowest BCUT2D eigenvalue weighted by atomic mass is 10.1. The Morgan fingerprint density at radius 1 is 1.04 bits per heavy atom. The van der Waals surface area contributed by atoms with Gasteiger partial charge in [-0.05, 0) is 36.4 Å². The summed E-state index contributed by atoms with van der Waals surface area (Å²) >= 11 is 0. The van der Waals surface area contributed by atoms with Crippen LogP contribution in [0.3, 0.4) is 0 Å². The molecule has 0 radical (unpaired) electrons. The molecule has 5 nitrogen and oxygen atoms in total. The number of nitrogens with zero attached hydrogens (tertiary/aromatic N) is 1. The second-order valence-electron chi connectivity index (χ2n) is 4.76. The summed E-state index contributed by atoms with van der Waals surface area (Å²) in [5, 5.41) is 8.84. The molecular weight excluding hydrogens is 327 g/mol. The molecule has 0 spiro atoms. The molecule has 0 bridgehead atoms. The van der Waals surface area contributed by atoms with Gasteiger partial charge in [-0.25, -0.2) is 4.79 Å². The third kappa shape index (κ3) is 4.03. The lowest BCUT2D eigenvalue weighted by Crippen LogP contribution is -2.28. The van der Waals surface area contributed by atoms with Gasteiger partial charge in [-0.15, -0.1) is 13.2 Å². The molecule has 24 heavy (non-hydrogen) atoms. The van der Waals surface area contributed by atoms with Crippen molar-refractivity contribution < 1.29 is 32.6 Å². The smallest absolute Gasteiger partial charge is 0.478 e. The third-order valence-corrected chi connectivity index (χ3v) is 3.15. The van der Waals surface area contributed by atoms with Crippen molar-refractivity contribution in [3.05, 3.63) is 59.7 Å². The lowest BCUT2D eigenvalue weighted by molar-refractivity contribution is -0.274. The Bertz CT molecular complexity index is 757. The van der Waals surface area contributed by atoms with Crippen molar-refractivity contribution in [3.63, 3.8) is 0 Å². The van der Waals surface area contributed by atoms with Gasteiger partial charge in [0.1, 0.15) is 5.75 Å². The van der Waals surface area contributed by atoms with Crippen LogP contribution in [-0.4, -0.2) is 30.4 Å². The molecule has 0 fully saturated rings. The number of hydrogen-bond acceptors (Lipinski definition) is 3. The molecule has 0 saturated heterocycles. The van der Waals surface area contributed by atoms with Gasteiger partial charge in [0.05, 0.1) is 11.1 Å². The van der Waals surface area contributed by atoms with Crippen LogP contribution in [0.5, 0.6) is 5.75 Å². The molecular formula is C16H12F3NO4. The molecule has 0 aromatic heterocycles. The molecule has 1 N–H and O–H groups in total. The summed E-state index contributed by atoms with van der Waals surface area (Å²) in [5.41, 5.74) is 0.0897. The van der Waals surface area contributed by atoms with Crippen molar-refractivity contribution in [2.24, 2.45) is 0 Å². The topological polar surface area (TPSA) is 66.8 Å². The molecule has 0 aliphatic carbocycles. The van der Waals surface area contributed by atoms with E-state index in [4.69, 9.17) is 5.11 Å². The van der Waals surface area contributed by atoms with E-state index in [0.29, 0.717) is 5.69 Å². The number of carbonyl (C=O) groups excluding carboxylic acids is 1. The molecule has 2 rings (SSSR count). The summed E-state index contributed by atoms with van der Waals surface area (Å²) in [6.07, 6.45) is -4.92. The zero-order valence-corrected chi connectivity index (χ0v) is 12.4. The standard InChI is InChI=1S/C16H12F3NO4/c1-20(11-8-6-10(7-9-11)15(22)23)14(21)12-4-2-3-5-13(12)24-16(17,18)19/h2-9H,1H3,(H,22,23). The van der Waals surface area contributed by atoms with Gasteiger partial charge in [-0.1, -0.05) is 12.1 Å². The summed E-state index contributed by atoms with van der Waals surface area (Å²) in [7, 11) is 1.36. The second kappa shape index (κ2) is 6.61. The Balaban J connectivity index is 2.29. The summed E-state index contributed by atoms with van der Waals surface area (Å²) in [6.45, 7) is 0. The van der Waals surface area contributed by atoms with E-state index in [1.807, 2.05) is 0 Å². The molecule has 0 aliphatic rings. The molecule has 8 heteroatoms. The van der Waals surface area contributed by atoms with Gasteiger partial charge in [0, 0.05) is 12.7 Å². The normalized spacial score (nSPS) is 11.0. The zero-order valence-electron chi connectivity index (χ0n) is 12.4. The monoisotopic (exact) mass is 339 g/mol. The van der Waals surface area contributed by atoms with Gasteiger partial charge in [0.25, 0.3) is 5.91 Å². The van der Waals surface area contributed by atoms with E-state index in [-0.39, 0.29) is 11.1 Å². The van der Waals surface area contributed by atoms with Gasteiger partial charge >= 0.3 is 12.3 Å². The minimum Gasteiger partial charge on any atom is -0.478 e. The van der Waals surface area contributed by atoms with Crippen LogP contribution < -0.4 is 9.64 Å². The first-order valence-electron chi connectivity index (χ1n) is 6.65. The van der Waals surface area contributed by atoms with Crippen molar-refractivity contribution in [1.82, 2.24) is 0 Å². The summed E-state index contributed by atoms with van der Waals surface area (Å²) < 4.78 is 41.1. The average Bonchev–Trinajstić information content (AvgIpc) is 2.52. The van der Waals surface area contributed by atoms with Gasteiger partial charge in [0.15, 0.2) is 0 Å². The number of alkyl halides is 3. The number of aromatic carboxylic acids is 1. The van der Waals surface area contributed by atoms with Crippen molar-refractivity contribution in [3.8, 4) is 5.75 Å². The fourth-order valence-electron chi connectivity index (χ4n) is 1.98. The predicted octanol–water partition coefficient (Wildman–Crippen LogP) is 3.56. The number of rotatable bonds is 4. The number of amides is 1. The lowest BCUT2D eigenvalue weighted by Gasteiger charge is -2.19. The number of para-hydroxylation sites is 1. The van der Waals surface area contributed by atoms with Crippen LogP contribution in [0.2, 0.25) is 0 Å². The number of hydrogen-bond donors (Lipinski definition) is 1. The Kier molecular flexibility index (Phi) is 4.77. The first-order valence-corrected chi connectivity index (χ1v) is 6.65. The van der Waals surface area contributed by atoms with Crippen LogP contribution in [-0.2, 0) is 0 Å². The van der Waals surface area contributed by atoms with Crippen LogP contribution >= 0.6 is 0 Å². The van der Waals surface area contributed by atoms with E-state index < -0.39 is 24.0 Å². The number of anilines is 1. The van der Waals surface area contributed by atoms with E-state index in [1.54, 1.807) is 0 Å². The van der Waals surface area contributed by atoms with Gasteiger partial charge in [0.2, 0.25) is 0 Å². The van der Waals surface area contributed by atoms with Crippen molar-refractivity contribution in [1.29, 1.82) is 0 Å². The van der Waals surface area contributed by atoms with Crippen LogP contribution in [0.15, 0.2) is 48.5 Å². The SMILES string of the molecule is CN(C(=O)c1ccccc1OC(F)(F)F)c1ccc(C(=O)O)cc1. The Labute approximate surface area is 134 Å². The average molecular weight is 339 g/mol. The number of ether oxygens (including phenoxy) is 1. The molecule has 126 valence electrons. The van der Waals surface area contributed by atoms with E-state index in [9.17, 15) is 22.8 Å².